The molecule has 0 saturated heterocycles. The zero-order valence-electron chi connectivity index (χ0n) is 11.9. The predicted octanol–water partition coefficient (Wildman–Crippen LogP) is 2.94. The highest BCUT2D eigenvalue weighted by Crippen LogP contribution is 2.22. The summed E-state index contributed by atoms with van der Waals surface area (Å²) in [5.41, 5.74) is 2.53. The maximum absolute atomic E-state index is 11.9. The number of carbonyl (C=O) groups is 1. The van der Waals surface area contributed by atoms with Gasteiger partial charge in [-0.1, -0.05) is 0 Å². The molecule has 3 heterocycles. The van der Waals surface area contributed by atoms with Crippen LogP contribution in [0.15, 0.2) is 35.3 Å². The lowest BCUT2D eigenvalue weighted by molar-refractivity contribution is 0.0949. The average molecular weight is 330 g/mol. The van der Waals surface area contributed by atoms with Gasteiger partial charge in [-0.05, 0) is 19.1 Å². The third-order valence-corrected chi connectivity index (χ3v) is 4.71. The lowest BCUT2D eigenvalue weighted by Gasteiger charge is -2.01. The number of nitrogens with one attached hydrogen (secondary N) is 1. The van der Waals surface area contributed by atoms with Gasteiger partial charge in [-0.15, -0.1) is 22.7 Å². The van der Waals surface area contributed by atoms with Gasteiger partial charge in [0.05, 0.1) is 10.7 Å². The molecule has 0 unspecified atom stereocenters. The number of hydrogen-bond donors (Lipinski definition) is 1. The molecule has 0 spiro atoms. The summed E-state index contributed by atoms with van der Waals surface area (Å²) in [7, 11) is 0. The van der Waals surface area contributed by atoms with Crippen LogP contribution in [0.4, 0.5) is 0 Å². The maximum Gasteiger partial charge on any atom is 0.270 e. The molecule has 0 aliphatic carbocycles. The molecule has 0 atom stereocenters. The van der Waals surface area contributed by atoms with Crippen LogP contribution in [0.1, 0.15) is 21.2 Å². The molecular formula is C15H14N4OS2. The Kier molecular flexibility index (Phi) is 4.55. The highest BCUT2D eigenvalue weighted by Gasteiger charge is 2.09. The molecule has 1 N–H and O–H groups in total. The fourth-order valence-corrected chi connectivity index (χ4v) is 3.36. The molecular weight excluding hydrogens is 316 g/mol. The summed E-state index contributed by atoms with van der Waals surface area (Å²) in [4.78, 5) is 24.6. The second-order valence-electron chi connectivity index (χ2n) is 4.64. The monoisotopic (exact) mass is 330 g/mol. The first-order valence-corrected chi connectivity index (χ1v) is 8.53. The van der Waals surface area contributed by atoms with Crippen molar-refractivity contribution in [3.63, 3.8) is 0 Å². The van der Waals surface area contributed by atoms with E-state index < -0.39 is 0 Å². The zero-order chi connectivity index (χ0) is 15.4. The number of nitrogens with zero attached hydrogens (tertiary/aromatic N) is 3. The first kappa shape index (κ1) is 14.8. The van der Waals surface area contributed by atoms with Gasteiger partial charge in [-0.25, -0.2) is 9.97 Å². The average Bonchev–Trinajstić information content (AvgIpc) is 3.17. The lowest BCUT2D eigenvalue weighted by Crippen LogP contribution is -2.26. The number of aryl methyl sites for hydroxylation is 1. The number of pyridine rings is 1. The molecule has 3 rings (SSSR count). The fourth-order valence-electron chi connectivity index (χ4n) is 1.91. The predicted molar refractivity (Wildman–Crippen MR) is 88.2 cm³/mol. The molecule has 1 amide bonds. The Balaban J connectivity index is 1.54. The molecule has 22 heavy (non-hydrogen) atoms. The number of carbonyl (C=O) groups excluding carboxylic acids is 1. The SMILES string of the molecule is Cc1nc(C(=O)NCCc2csc(-c3ccncc3)n2)cs1. The Morgan fingerprint density at radius 1 is 1.18 bits per heavy atom. The van der Waals surface area contributed by atoms with Gasteiger partial charge in [0.15, 0.2) is 0 Å². The van der Waals surface area contributed by atoms with Crippen LogP contribution >= 0.6 is 22.7 Å². The maximum atomic E-state index is 11.9. The van der Waals surface area contributed by atoms with Crippen molar-refractivity contribution >= 4 is 28.6 Å². The zero-order valence-corrected chi connectivity index (χ0v) is 13.6. The van der Waals surface area contributed by atoms with E-state index in [0.29, 0.717) is 18.7 Å². The minimum Gasteiger partial charge on any atom is -0.350 e. The standard InChI is InChI=1S/C15H14N4OS2/c1-10-18-13(9-21-10)14(20)17-7-4-12-8-22-15(19-12)11-2-5-16-6-3-11/h2-3,5-6,8-9H,4,7H2,1H3,(H,17,20). The quantitative estimate of drug-likeness (QED) is 0.781. The van der Waals surface area contributed by atoms with Crippen molar-refractivity contribution in [2.45, 2.75) is 13.3 Å². The molecule has 0 aromatic carbocycles. The van der Waals surface area contributed by atoms with Gasteiger partial charge in [0, 0.05) is 41.7 Å². The van der Waals surface area contributed by atoms with E-state index in [1.807, 2.05) is 24.4 Å². The van der Waals surface area contributed by atoms with Crippen LogP contribution in [0.25, 0.3) is 10.6 Å². The summed E-state index contributed by atoms with van der Waals surface area (Å²) in [6.45, 7) is 2.44. The molecule has 3 aromatic rings. The van der Waals surface area contributed by atoms with Crippen molar-refractivity contribution in [3.8, 4) is 10.6 Å². The summed E-state index contributed by atoms with van der Waals surface area (Å²) in [6.07, 6.45) is 4.22. The Morgan fingerprint density at radius 3 is 2.73 bits per heavy atom. The third kappa shape index (κ3) is 3.55. The summed E-state index contributed by atoms with van der Waals surface area (Å²) < 4.78 is 0. The highest BCUT2D eigenvalue weighted by molar-refractivity contribution is 7.13. The van der Waals surface area contributed by atoms with Gasteiger partial charge >= 0.3 is 0 Å². The Labute approximate surface area is 136 Å². The summed E-state index contributed by atoms with van der Waals surface area (Å²) in [5.74, 6) is -0.131. The Bertz CT molecular complexity index is 767. The van der Waals surface area contributed by atoms with Crippen LogP contribution < -0.4 is 5.32 Å². The van der Waals surface area contributed by atoms with Crippen LogP contribution in [0.5, 0.6) is 0 Å². The molecule has 0 saturated carbocycles. The summed E-state index contributed by atoms with van der Waals surface area (Å²) in [6, 6.07) is 3.88. The molecule has 112 valence electrons. The van der Waals surface area contributed by atoms with Crippen LogP contribution in [-0.4, -0.2) is 27.4 Å². The van der Waals surface area contributed by atoms with Gasteiger partial charge < -0.3 is 5.32 Å². The van der Waals surface area contributed by atoms with Crippen LogP contribution in [0.2, 0.25) is 0 Å². The number of thiazole rings is 2. The fraction of sp³-hybridized carbons (Fsp3) is 0.200. The first-order valence-electron chi connectivity index (χ1n) is 6.77. The van der Waals surface area contributed by atoms with Crippen molar-refractivity contribution in [2.24, 2.45) is 0 Å². The smallest absolute Gasteiger partial charge is 0.270 e. The van der Waals surface area contributed by atoms with Gasteiger partial charge in [0.25, 0.3) is 5.91 Å². The molecule has 0 aliphatic heterocycles. The Hall–Kier alpha value is -2.12. The van der Waals surface area contributed by atoms with Crippen molar-refractivity contribution < 1.29 is 4.79 Å². The van der Waals surface area contributed by atoms with E-state index in [1.54, 1.807) is 29.1 Å². The number of rotatable bonds is 5. The Morgan fingerprint density at radius 2 is 2.00 bits per heavy atom. The van der Waals surface area contributed by atoms with E-state index in [9.17, 15) is 4.79 Å². The lowest BCUT2D eigenvalue weighted by atomic mass is 10.3. The van der Waals surface area contributed by atoms with Gasteiger partial charge in [-0.2, -0.15) is 0 Å². The van der Waals surface area contributed by atoms with E-state index in [2.05, 4.69) is 20.3 Å². The van der Waals surface area contributed by atoms with E-state index in [1.165, 1.54) is 11.3 Å². The van der Waals surface area contributed by atoms with Crippen LogP contribution in [-0.2, 0) is 6.42 Å². The minimum atomic E-state index is -0.131. The largest absolute Gasteiger partial charge is 0.350 e. The van der Waals surface area contributed by atoms with Crippen LogP contribution in [0, 0.1) is 6.92 Å². The molecule has 5 nitrogen and oxygen atoms in total. The highest BCUT2D eigenvalue weighted by atomic mass is 32.1. The summed E-state index contributed by atoms with van der Waals surface area (Å²) in [5, 5.41) is 8.53. The minimum absolute atomic E-state index is 0.131. The van der Waals surface area contributed by atoms with E-state index in [0.717, 1.165) is 21.3 Å². The van der Waals surface area contributed by atoms with Crippen LogP contribution in [0.3, 0.4) is 0 Å². The van der Waals surface area contributed by atoms with Crippen molar-refractivity contribution in [2.75, 3.05) is 6.54 Å². The number of hydrogen-bond acceptors (Lipinski definition) is 6. The first-order chi connectivity index (χ1) is 10.7. The normalized spacial score (nSPS) is 10.6. The van der Waals surface area contributed by atoms with E-state index in [4.69, 9.17) is 0 Å². The number of amides is 1. The molecule has 0 radical (unpaired) electrons. The van der Waals surface area contributed by atoms with Crippen molar-refractivity contribution in [1.29, 1.82) is 0 Å². The van der Waals surface area contributed by atoms with E-state index >= 15 is 0 Å². The van der Waals surface area contributed by atoms with Crippen molar-refractivity contribution in [1.82, 2.24) is 20.3 Å². The van der Waals surface area contributed by atoms with Gasteiger partial charge in [-0.3, -0.25) is 9.78 Å². The number of aromatic nitrogens is 3. The summed E-state index contributed by atoms with van der Waals surface area (Å²) >= 11 is 3.07. The second kappa shape index (κ2) is 6.76. The molecule has 7 heteroatoms. The van der Waals surface area contributed by atoms with Gasteiger partial charge in [0.1, 0.15) is 10.7 Å². The topological polar surface area (TPSA) is 67.8 Å². The molecule has 0 fully saturated rings. The van der Waals surface area contributed by atoms with E-state index in [-0.39, 0.29) is 5.91 Å². The van der Waals surface area contributed by atoms with Crippen molar-refractivity contribution in [3.05, 3.63) is 51.7 Å². The molecule has 0 bridgehead atoms. The van der Waals surface area contributed by atoms with Gasteiger partial charge in [0.2, 0.25) is 0 Å². The third-order valence-electron chi connectivity index (χ3n) is 3.00. The molecule has 3 aromatic heterocycles. The molecule has 0 aliphatic rings. The second-order valence-corrected chi connectivity index (χ2v) is 6.56.